The maximum Gasteiger partial charge on any atom is 0.131 e. The molecule has 2 heteroatoms. The van der Waals surface area contributed by atoms with E-state index < -0.39 is 0 Å². The number of ether oxygens (including phenoxy) is 1. The molecular weight excluding hydrogens is 299 g/mol. The molecular formula is C21H21OP. The second kappa shape index (κ2) is 8.31. The van der Waals surface area contributed by atoms with Crippen LogP contribution >= 0.6 is 9.90 Å². The van der Waals surface area contributed by atoms with Crippen molar-refractivity contribution in [3.05, 3.63) is 102 Å². The molecule has 0 aliphatic heterocycles. The van der Waals surface area contributed by atoms with E-state index in [2.05, 4.69) is 36.9 Å². The van der Waals surface area contributed by atoms with Gasteiger partial charge in [0.1, 0.15) is 11.5 Å². The zero-order valence-electron chi connectivity index (χ0n) is 13.1. The lowest BCUT2D eigenvalue weighted by Crippen LogP contribution is -1.96. The molecule has 0 saturated heterocycles. The Morgan fingerprint density at radius 3 is 2.09 bits per heavy atom. The molecule has 0 aliphatic carbocycles. The fraction of sp³-hybridized carbons (Fsp3) is 0.0476. The van der Waals surface area contributed by atoms with Gasteiger partial charge in [-0.15, -0.1) is 0 Å². The van der Waals surface area contributed by atoms with Crippen LogP contribution in [0.1, 0.15) is 16.7 Å². The number of para-hydroxylation sites is 1. The second-order valence-electron chi connectivity index (χ2n) is 5.11. The molecule has 0 spiro atoms. The van der Waals surface area contributed by atoms with E-state index in [-0.39, 0.29) is 9.90 Å². The van der Waals surface area contributed by atoms with Crippen molar-refractivity contribution in [2.24, 2.45) is 0 Å². The average molecular weight is 320 g/mol. The van der Waals surface area contributed by atoms with Gasteiger partial charge in [-0.3, -0.25) is 0 Å². The fourth-order valence-corrected chi connectivity index (χ4v) is 2.47. The van der Waals surface area contributed by atoms with E-state index in [1.807, 2.05) is 54.6 Å². The maximum atomic E-state index is 6.08. The molecule has 0 amide bonds. The van der Waals surface area contributed by atoms with Crippen molar-refractivity contribution in [2.45, 2.75) is 6.42 Å². The summed E-state index contributed by atoms with van der Waals surface area (Å²) in [5.41, 5.74) is 3.53. The van der Waals surface area contributed by atoms with Gasteiger partial charge in [-0.2, -0.15) is 9.90 Å². The van der Waals surface area contributed by atoms with Crippen LogP contribution in [0.5, 0.6) is 11.5 Å². The van der Waals surface area contributed by atoms with Crippen LogP contribution in [-0.2, 0) is 6.42 Å². The minimum atomic E-state index is 0. The summed E-state index contributed by atoms with van der Waals surface area (Å²) >= 11 is 0. The molecule has 1 unspecified atom stereocenters. The Hall–Kier alpha value is -2.37. The molecule has 3 rings (SSSR count). The molecule has 0 aromatic heterocycles. The Balaban J connectivity index is 0.00000192. The monoisotopic (exact) mass is 320 g/mol. The zero-order valence-corrected chi connectivity index (χ0v) is 14.5. The van der Waals surface area contributed by atoms with Crippen LogP contribution in [0.2, 0.25) is 0 Å². The molecule has 116 valence electrons. The third-order valence-electron chi connectivity index (χ3n) is 3.58. The van der Waals surface area contributed by atoms with E-state index in [4.69, 9.17) is 4.74 Å². The third-order valence-corrected chi connectivity index (χ3v) is 3.58. The predicted molar refractivity (Wildman–Crippen MR) is 103 cm³/mol. The maximum absolute atomic E-state index is 6.08. The smallest absolute Gasteiger partial charge is 0.131 e. The summed E-state index contributed by atoms with van der Waals surface area (Å²) in [7, 11) is 0. The van der Waals surface area contributed by atoms with Gasteiger partial charge in [-0.05, 0) is 29.3 Å². The fourth-order valence-electron chi connectivity index (χ4n) is 2.47. The molecule has 3 aromatic rings. The van der Waals surface area contributed by atoms with Crippen LogP contribution in [0.25, 0.3) is 6.08 Å². The first-order valence-corrected chi connectivity index (χ1v) is 7.38. The Morgan fingerprint density at radius 1 is 0.783 bits per heavy atom. The summed E-state index contributed by atoms with van der Waals surface area (Å²) in [6.45, 7) is 3.93. The summed E-state index contributed by atoms with van der Waals surface area (Å²) < 4.78 is 6.08. The molecule has 0 heterocycles. The summed E-state index contributed by atoms with van der Waals surface area (Å²) in [6.07, 6.45) is 2.71. The van der Waals surface area contributed by atoms with Crippen LogP contribution in [0.3, 0.4) is 0 Å². The minimum Gasteiger partial charge on any atom is -0.457 e. The molecule has 0 radical (unpaired) electrons. The molecule has 0 N–H and O–H groups in total. The molecule has 3 aromatic carbocycles. The first kappa shape index (κ1) is 17.0. The molecule has 0 aliphatic rings. The van der Waals surface area contributed by atoms with Gasteiger partial charge in [0.25, 0.3) is 0 Å². The van der Waals surface area contributed by atoms with E-state index in [1.54, 1.807) is 0 Å². The van der Waals surface area contributed by atoms with Crippen molar-refractivity contribution in [3.63, 3.8) is 0 Å². The molecule has 0 bridgehead atoms. The molecule has 0 saturated carbocycles. The lowest BCUT2D eigenvalue weighted by Gasteiger charge is -2.14. The van der Waals surface area contributed by atoms with Crippen molar-refractivity contribution in [1.82, 2.24) is 0 Å². The zero-order chi connectivity index (χ0) is 15.2. The van der Waals surface area contributed by atoms with E-state index >= 15 is 0 Å². The molecule has 1 nitrogen and oxygen atoms in total. The lowest BCUT2D eigenvalue weighted by atomic mass is 9.98. The third kappa shape index (κ3) is 4.31. The SMILES string of the molecule is C=Cc1cccc(Oc2ccccc2)c1Cc1ccccc1.P. The average Bonchev–Trinajstić information content (AvgIpc) is 2.58. The van der Waals surface area contributed by atoms with Gasteiger partial charge >= 0.3 is 0 Å². The van der Waals surface area contributed by atoms with Crippen LogP contribution in [0, 0.1) is 0 Å². The lowest BCUT2D eigenvalue weighted by molar-refractivity contribution is 0.477. The first-order valence-electron chi connectivity index (χ1n) is 7.38. The normalized spacial score (nSPS) is 9.74. The van der Waals surface area contributed by atoms with Crippen molar-refractivity contribution >= 4 is 16.0 Å². The molecule has 23 heavy (non-hydrogen) atoms. The second-order valence-corrected chi connectivity index (χ2v) is 5.11. The first-order chi connectivity index (χ1) is 10.9. The Kier molecular flexibility index (Phi) is 6.14. The highest BCUT2D eigenvalue weighted by Crippen LogP contribution is 2.30. The van der Waals surface area contributed by atoms with Gasteiger partial charge in [-0.25, -0.2) is 0 Å². The Morgan fingerprint density at radius 2 is 1.43 bits per heavy atom. The number of rotatable bonds is 5. The van der Waals surface area contributed by atoms with Crippen molar-refractivity contribution < 1.29 is 4.74 Å². The van der Waals surface area contributed by atoms with Crippen LogP contribution in [0.15, 0.2) is 85.4 Å². The molecule has 1 atom stereocenters. The van der Waals surface area contributed by atoms with Crippen molar-refractivity contribution in [1.29, 1.82) is 0 Å². The summed E-state index contributed by atoms with van der Waals surface area (Å²) in [5, 5.41) is 0. The van der Waals surface area contributed by atoms with Gasteiger partial charge in [0.15, 0.2) is 0 Å². The van der Waals surface area contributed by atoms with Gasteiger partial charge in [-0.1, -0.05) is 73.3 Å². The summed E-state index contributed by atoms with van der Waals surface area (Å²) in [6, 6.07) is 26.4. The highest BCUT2D eigenvalue weighted by Gasteiger charge is 2.09. The Bertz CT molecular complexity index is 751. The van der Waals surface area contributed by atoms with E-state index in [9.17, 15) is 0 Å². The molecule has 0 fully saturated rings. The number of benzene rings is 3. The number of hydrogen-bond donors (Lipinski definition) is 0. The van der Waals surface area contributed by atoms with Gasteiger partial charge < -0.3 is 4.74 Å². The highest BCUT2D eigenvalue weighted by molar-refractivity contribution is 6.92. The van der Waals surface area contributed by atoms with E-state index in [1.165, 1.54) is 5.56 Å². The quantitative estimate of drug-likeness (QED) is 0.542. The number of hydrogen-bond acceptors (Lipinski definition) is 1. The van der Waals surface area contributed by atoms with Crippen LogP contribution in [-0.4, -0.2) is 0 Å². The van der Waals surface area contributed by atoms with Crippen molar-refractivity contribution in [3.8, 4) is 11.5 Å². The predicted octanol–water partition coefficient (Wildman–Crippen LogP) is 5.77. The van der Waals surface area contributed by atoms with Gasteiger partial charge in [0.2, 0.25) is 0 Å². The van der Waals surface area contributed by atoms with Crippen LogP contribution < -0.4 is 4.74 Å². The van der Waals surface area contributed by atoms with Gasteiger partial charge in [0.05, 0.1) is 0 Å². The topological polar surface area (TPSA) is 9.23 Å². The largest absolute Gasteiger partial charge is 0.457 e. The Labute approximate surface area is 141 Å². The summed E-state index contributed by atoms with van der Waals surface area (Å²) in [5.74, 6) is 1.73. The van der Waals surface area contributed by atoms with Crippen molar-refractivity contribution in [2.75, 3.05) is 0 Å². The van der Waals surface area contributed by atoms with Gasteiger partial charge in [0, 0.05) is 12.0 Å². The minimum absolute atomic E-state index is 0. The van der Waals surface area contributed by atoms with Crippen LogP contribution in [0.4, 0.5) is 0 Å². The summed E-state index contributed by atoms with van der Waals surface area (Å²) in [4.78, 5) is 0. The highest BCUT2D eigenvalue weighted by atomic mass is 31.0. The van der Waals surface area contributed by atoms with E-state index in [0.717, 1.165) is 29.0 Å². The van der Waals surface area contributed by atoms with E-state index in [0.29, 0.717) is 0 Å². The standard InChI is InChI=1S/C21H18O.H3P/c1-2-18-12-9-15-21(22-19-13-7-4-8-14-19)20(18)16-17-10-5-3-6-11-17;/h2-15H,1,16H2;1H3.